The Bertz CT molecular complexity index is 747. The molecule has 2 aromatic carbocycles. The molecule has 0 atom stereocenters. The number of hydrogen-bond donors (Lipinski definition) is 2. The van der Waals surface area contributed by atoms with Crippen LogP contribution < -0.4 is 15.4 Å². The van der Waals surface area contributed by atoms with E-state index in [4.69, 9.17) is 4.74 Å². The topological polar surface area (TPSA) is 70.7 Å². The summed E-state index contributed by atoms with van der Waals surface area (Å²) in [6.45, 7) is 3.16. The molecule has 2 aromatic rings. The molecule has 0 saturated carbocycles. The van der Waals surface area contributed by atoms with E-state index in [2.05, 4.69) is 10.6 Å². The molecule has 2 rings (SSSR count). The number of ether oxygens (including phenoxy) is 1. The third-order valence-corrected chi connectivity index (χ3v) is 3.93. The Morgan fingerprint density at radius 1 is 1.12 bits per heavy atom. The Balaban J connectivity index is 2.20. The molecule has 0 fully saturated rings. The Labute approximate surface area is 154 Å². The number of rotatable bonds is 7. The first-order valence-corrected chi connectivity index (χ1v) is 8.59. The molecule has 138 valence electrons. The van der Waals surface area contributed by atoms with Crippen LogP contribution in [0.1, 0.15) is 29.3 Å². The maximum absolute atomic E-state index is 12.8. The van der Waals surface area contributed by atoms with Crippen molar-refractivity contribution in [2.24, 2.45) is 0 Å². The van der Waals surface area contributed by atoms with Gasteiger partial charge in [0, 0.05) is 25.7 Å². The average molecular weight is 355 g/mol. The molecule has 6 nitrogen and oxygen atoms in total. The summed E-state index contributed by atoms with van der Waals surface area (Å²) in [5.41, 5.74) is 1.98. The zero-order chi connectivity index (χ0) is 18.9. The molecule has 6 heteroatoms. The molecule has 0 aliphatic rings. The Hall–Kier alpha value is -3.02. The summed E-state index contributed by atoms with van der Waals surface area (Å²) in [7, 11) is 3.09. The lowest BCUT2D eigenvalue weighted by Crippen LogP contribution is -2.35. The van der Waals surface area contributed by atoms with E-state index in [9.17, 15) is 9.59 Å². The van der Waals surface area contributed by atoms with Gasteiger partial charge in [-0.2, -0.15) is 0 Å². The van der Waals surface area contributed by atoms with Crippen molar-refractivity contribution in [3.05, 3.63) is 59.7 Å². The van der Waals surface area contributed by atoms with Gasteiger partial charge >= 0.3 is 6.03 Å². The van der Waals surface area contributed by atoms with E-state index in [1.54, 1.807) is 30.1 Å². The fourth-order valence-electron chi connectivity index (χ4n) is 2.61. The van der Waals surface area contributed by atoms with Gasteiger partial charge in [-0.15, -0.1) is 0 Å². The van der Waals surface area contributed by atoms with Crippen molar-refractivity contribution in [3.8, 4) is 5.75 Å². The number of benzene rings is 2. The van der Waals surface area contributed by atoms with Gasteiger partial charge in [0.2, 0.25) is 0 Å². The van der Waals surface area contributed by atoms with Crippen molar-refractivity contribution in [1.29, 1.82) is 0 Å². The smallest absolute Gasteiger partial charge is 0.322 e. The second-order valence-corrected chi connectivity index (χ2v) is 5.83. The van der Waals surface area contributed by atoms with Gasteiger partial charge in [-0.25, -0.2) is 4.79 Å². The molecule has 0 aliphatic heterocycles. The van der Waals surface area contributed by atoms with Crippen LogP contribution >= 0.6 is 0 Å². The number of nitrogens with one attached hydrogen (secondary N) is 2. The molecule has 2 N–H and O–H groups in total. The van der Waals surface area contributed by atoms with Crippen LogP contribution in [0.15, 0.2) is 48.5 Å². The SMILES string of the molecule is CCCN(Cc1ccccc1)C(=O)Nc1cc(C(=O)NC)ccc1OC. The van der Waals surface area contributed by atoms with E-state index in [1.165, 1.54) is 7.11 Å². The van der Waals surface area contributed by atoms with Crippen molar-refractivity contribution in [2.45, 2.75) is 19.9 Å². The molecular formula is C20H25N3O3. The first-order valence-electron chi connectivity index (χ1n) is 8.59. The van der Waals surface area contributed by atoms with Crippen LogP contribution in [0.2, 0.25) is 0 Å². The number of methoxy groups -OCH3 is 1. The molecule has 0 heterocycles. The van der Waals surface area contributed by atoms with Crippen LogP contribution in [0.3, 0.4) is 0 Å². The standard InChI is InChI=1S/C20H25N3O3/c1-4-12-23(14-15-8-6-5-7-9-15)20(25)22-17-13-16(19(24)21-2)10-11-18(17)26-3/h5-11,13H,4,12,14H2,1-3H3,(H,21,24)(H,22,25). The lowest BCUT2D eigenvalue weighted by molar-refractivity contribution is 0.0963. The van der Waals surface area contributed by atoms with Crippen LogP contribution in [-0.2, 0) is 6.54 Å². The predicted molar refractivity (Wildman–Crippen MR) is 103 cm³/mol. The van der Waals surface area contributed by atoms with Crippen molar-refractivity contribution in [1.82, 2.24) is 10.2 Å². The maximum atomic E-state index is 12.8. The number of nitrogens with zero attached hydrogens (tertiary/aromatic N) is 1. The van der Waals surface area contributed by atoms with E-state index in [0.29, 0.717) is 30.1 Å². The number of amides is 3. The summed E-state index contributed by atoms with van der Waals surface area (Å²) in [4.78, 5) is 26.4. The van der Waals surface area contributed by atoms with Crippen molar-refractivity contribution < 1.29 is 14.3 Å². The predicted octanol–water partition coefficient (Wildman–Crippen LogP) is 3.50. The van der Waals surface area contributed by atoms with Crippen LogP contribution in [-0.4, -0.2) is 37.5 Å². The van der Waals surface area contributed by atoms with Gasteiger partial charge < -0.3 is 20.3 Å². The van der Waals surface area contributed by atoms with Gasteiger partial charge in [-0.3, -0.25) is 4.79 Å². The minimum Gasteiger partial charge on any atom is -0.495 e. The van der Waals surface area contributed by atoms with E-state index in [1.807, 2.05) is 37.3 Å². The van der Waals surface area contributed by atoms with Gasteiger partial charge in [-0.05, 0) is 30.2 Å². The second-order valence-electron chi connectivity index (χ2n) is 5.83. The Kier molecular flexibility index (Phi) is 7.02. The quantitative estimate of drug-likeness (QED) is 0.798. The molecular weight excluding hydrogens is 330 g/mol. The number of urea groups is 1. The first-order chi connectivity index (χ1) is 12.6. The van der Waals surface area contributed by atoms with Crippen molar-refractivity contribution in [3.63, 3.8) is 0 Å². The molecule has 0 radical (unpaired) electrons. The van der Waals surface area contributed by atoms with Crippen LogP contribution in [0.5, 0.6) is 5.75 Å². The zero-order valence-electron chi connectivity index (χ0n) is 15.4. The lowest BCUT2D eigenvalue weighted by atomic mass is 10.1. The second kappa shape index (κ2) is 9.46. The highest BCUT2D eigenvalue weighted by molar-refractivity contribution is 5.97. The lowest BCUT2D eigenvalue weighted by Gasteiger charge is -2.23. The molecule has 0 unspecified atom stereocenters. The van der Waals surface area contributed by atoms with Crippen molar-refractivity contribution >= 4 is 17.6 Å². The molecule has 0 aliphatic carbocycles. The fraction of sp³-hybridized carbons (Fsp3) is 0.300. The van der Waals surface area contributed by atoms with E-state index in [-0.39, 0.29) is 11.9 Å². The highest BCUT2D eigenvalue weighted by Crippen LogP contribution is 2.26. The monoisotopic (exact) mass is 355 g/mol. The summed E-state index contributed by atoms with van der Waals surface area (Å²) in [5, 5.41) is 5.44. The van der Waals surface area contributed by atoms with E-state index < -0.39 is 0 Å². The summed E-state index contributed by atoms with van der Waals surface area (Å²) >= 11 is 0. The van der Waals surface area contributed by atoms with Gasteiger partial charge in [0.05, 0.1) is 12.8 Å². The third-order valence-electron chi connectivity index (χ3n) is 3.93. The average Bonchev–Trinajstić information content (AvgIpc) is 2.67. The largest absolute Gasteiger partial charge is 0.495 e. The molecule has 26 heavy (non-hydrogen) atoms. The minimum atomic E-state index is -0.233. The molecule has 0 bridgehead atoms. The minimum absolute atomic E-state index is 0.224. The van der Waals surface area contributed by atoms with Gasteiger partial charge in [0.1, 0.15) is 5.75 Å². The van der Waals surface area contributed by atoms with E-state index >= 15 is 0 Å². The normalized spacial score (nSPS) is 10.1. The number of anilines is 1. The van der Waals surface area contributed by atoms with Crippen LogP contribution in [0.25, 0.3) is 0 Å². The Morgan fingerprint density at radius 3 is 2.46 bits per heavy atom. The maximum Gasteiger partial charge on any atom is 0.322 e. The Morgan fingerprint density at radius 2 is 1.85 bits per heavy atom. The number of carbonyl (C=O) groups excluding carboxylic acids is 2. The molecule has 0 saturated heterocycles. The molecule has 3 amide bonds. The van der Waals surface area contributed by atoms with Crippen molar-refractivity contribution in [2.75, 3.05) is 26.0 Å². The zero-order valence-corrected chi connectivity index (χ0v) is 15.4. The van der Waals surface area contributed by atoms with Gasteiger partial charge in [0.15, 0.2) is 0 Å². The van der Waals surface area contributed by atoms with Gasteiger partial charge in [0.25, 0.3) is 5.91 Å². The summed E-state index contributed by atoms with van der Waals surface area (Å²) in [5.74, 6) is 0.278. The highest BCUT2D eigenvalue weighted by atomic mass is 16.5. The molecule has 0 aromatic heterocycles. The molecule has 0 spiro atoms. The van der Waals surface area contributed by atoms with Gasteiger partial charge in [-0.1, -0.05) is 37.3 Å². The summed E-state index contributed by atoms with van der Waals surface area (Å²) < 4.78 is 5.31. The number of carbonyl (C=O) groups is 2. The number of hydrogen-bond acceptors (Lipinski definition) is 3. The van der Waals surface area contributed by atoms with Crippen LogP contribution in [0, 0.1) is 0 Å². The fourth-order valence-corrected chi connectivity index (χ4v) is 2.61. The van der Waals surface area contributed by atoms with Crippen LogP contribution in [0.4, 0.5) is 10.5 Å². The third kappa shape index (κ3) is 4.99. The van der Waals surface area contributed by atoms with E-state index in [0.717, 1.165) is 12.0 Å². The first kappa shape index (κ1) is 19.3. The summed E-state index contributed by atoms with van der Waals surface area (Å²) in [6.07, 6.45) is 0.843. The summed E-state index contributed by atoms with van der Waals surface area (Å²) in [6, 6.07) is 14.5. The highest BCUT2D eigenvalue weighted by Gasteiger charge is 2.17.